The van der Waals surface area contributed by atoms with Gasteiger partial charge in [0.05, 0.1) is 5.54 Å². The van der Waals surface area contributed by atoms with Crippen LogP contribution in [0.1, 0.15) is 54.4 Å². The molecule has 170 valence electrons. The Kier molecular flexibility index (Phi) is 14.0. The van der Waals surface area contributed by atoms with Crippen molar-refractivity contribution in [2.24, 2.45) is 4.99 Å². The molecule has 0 fully saturated rings. The first kappa shape index (κ1) is 29.7. The maximum Gasteiger partial charge on any atom is 0.408 e. The third kappa shape index (κ3) is 13.3. The van der Waals surface area contributed by atoms with E-state index in [4.69, 9.17) is 4.74 Å². The minimum absolute atomic E-state index is 0. The van der Waals surface area contributed by atoms with Gasteiger partial charge in [0.15, 0.2) is 5.96 Å². The van der Waals surface area contributed by atoms with Crippen LogP contribution < -0.4 is 16.0 Å². The molecule has 0 heterocycles. The number of carbonyl (C=O) groups excluding carboxylic acids is 2. The van der Waals surface area contributed by atoms with Crippen LogP contribution in [0.25, 0.3) is 0 Å². The maximum absolute atomic E-state index is 12.3. The summed E-state index contributed by atoms with van der Waals surface area (Å²) in [6, 6.07) is 0. The van der Waals surface area contributed by atoms with E-state index in [-0.39, 0.29) is 36.4 Å². The minimum Gasteiger partial charge on any atom is -0.444 e. The number of amides is 2. The van der Waals surface area contributed by atoms with Gasteiger partial charge >= 0.3 is 6.09 Å². The Morgan fingerprint density at radius 2 is 1.66 bits per heavy atom. The third-order valence-electron chi connectivity index (χ3n) is 4.14. The van der Waals surface area contributed by atoms with E-state index in [1.54, 1.807) is 14.1 Å². The largest absolute Gasteiger partial charge is 0.444 e. The van der Waals surface area contributed by atoms with E-state index in [0.29, 0.717) is 31.9 Å². The van der Waals surface area contributed by atoms with Crippen molar-refractivity contribution in [3.63, 3.8) is 0 Å². The molecule has 0 aromatic carbocycles. The van der Waals surface area contributed by atoms with E-state index in [1.807, 2.05) is 41.5 Å². The average molecular weight is 525 g/mol. The highest BCUT2D eigenvalue weighted by atomic mass is 127. The lowest BCUT2D eigenvalue weighted by molar-refractivity contribution is -0.127. The van der Waals surface area contributed by atoms with E-state index in [0.717, 1.165) is 5.57 Å². The molecule has 0 spiro atoms. The van der Waals surface area contributed by atoms with Crippen molar-refractivity contribution in [3.05, 3.63) is 12.2 Å². The lowest BCUT2D eigenvalue weighted by Gasteiger charge is -2.34. The molecule has 0 aromatic heterocycles. The fourth-order valence-electron chi connectivity index (χ4n) is 2.19. The Balaban J connectivity index is 0. The fourth-order valence-corrected chi connectivity index (χ4v) is 2.19. The molecular formula is C20H40IN5O3. The van der Waals surface area contributed by atoms with Crippen LogP contribution >= 0.6 is 24.0 Å². The summed E-state index contributed by atoms with van der Waals surface area (Å²) in [5, 5.41) is 9.38. The maximum atomic E-state index is 12.3. The summed E-state index contributed by atoms with van der Waals surface area (Å²) < 4.78 is 5.40. The molecule has 0 aliphatic rings. The van der Waals surface area contributed by atoms with Crippen LogP contribution in [0.2, 0.25) is 0 Å². The van der Waals surface area contributed by atoms with Crippen molar-refractivity contribution in [1.29, 1.82) is 0 Å². The number of aliphatic imine (C=N–C) groups is 1. The van der Waals surface area contributed by atoms with Crippen LogP contribution in [-0.2, 0) is 9.53 Å². The van der Waals surface area contributed by atoms with Crippen LogP contribution in [0.15, 0.2) is 17.1 Å². The number of likely N-dealkylation sites (N-methyl/N-ethyl adjacent to an activating group) is 1. The first-order chi connectivity index (χ1) is 12.8. The number of guanidine groups is 1. The minimum atomic E-state index is -0.563. The van der Waals surface area contributed by atoms with Crippen LogP contribution in [0.3, 0.4) is 0 Å². The molecule has 2 amide bonds. The summed E-state index contributed by atoms with van der Waals surface area (Å²) in [5.41, 5.74) is -0.121. The molecule has 8 nitrogen and oxygen atoms in total. The van der Waals surface area contributed by atoms with Gasteiger partial charge in [0, 0.05) is 27.2 Å². The Bertz CT molecular complexity index is 567. The smallest absolute Gasteiger partial charge is 0.408 e. The number of hydrogen-bond acceptors (Lipinski definition) is 4. The Morgan fingerprint density at radius 3 is 2.07 bits per heavy atom. The standard InChI is InChI=1S/C20H39N5O3.HI/c1-10-20(11-2,24-18(27)28-19(5,6)7)14-23-17(21-12-15(3)4)22-13-16(26)25(8)9;/h3,10-14H2,1-2,4-9H3,(H,24,27)(H2,21,22,23);1H. The molecule has 3 N–H and O–H groups in total. The second kappa shape index (κ2) is 13.7. The van der Waals surface area contributed by atoms with Gasteiger partial charge in [0.25, 0.3) is 0 Å². The SMILES string of the molecule is C=C(C)CNC(=NCC(=O)N(C)C)NCC(CC)(CC)NC(=O)OC(C)(C)C.I. The Hall–Kier alpha value is -1.52. The van der Waals surface area contributed by atoms with E-state index >= 15 is 0 Å². The Labute approximate surface area is 193 Å². The topological polar surface area (TPSA) is 95.1 Å². The van der Waals surface area contributed by atoms with Crippen molar-refractivity contribution in [2.75, 3.05) is 33.7 Å². The molecule has 0 unspecified atom stereocenters. The number of nitrogens with zero attached hydrogens (tertiary/aromatic N) is 2. The van der Waals surface area contributed by atoms with Gasteiger partial charge in [-0.25, -0.2) is 9.79 Å². The van der Waals surface area contributed by atoms with E-state index in [1.165, 1.54) is 4.90 Å². The molecule has 0 bridgehead atoms. The van der Waals surface area contributed by atoms with Crippen molar-refractivity contribution < 1.29 is 14.3 Å². The van der Waals surface area contributed by atoms with Crippen LogP contribution in [0.5, 0.6) is 0 Å². The van der Waals surface area contributed by atoms with Gasteiger partial charge in [0.2, 0.25) is 5.91 Å². The Morgan fingerprint density at radius 1 is 1.10 bits per heavy atom. The lowest BCUT2D eigenvalue weighted by Crippen LogP contribution is -2.57. The van der Waals surface area contributed by atoms with Gasteiger partial charge in [0.1, 0.15) is 12.1 Å². The van der Waals surface area contributed by atoms with Gasteiger partial charge in [-0.1, -0.05) is 26.0 Å². The summed E-state index contributed by atoms with van der Waals surface area (Å²) in [6.07, 6.45) is 0.967. The fraction of sp³-hybridized carbons (Fsp3) is 0.750. The van der Waals surface area contributed by atoms with Crippen LogP contribution in [-0.4, -0.2) is 67.7 Å². The highest BCUT2D eigenvalue weighted by Gasteiger charge is 2.30. The molecule has 0 rings (SSSR count). The zero-order valence-corrected chi connectivity index (χ0v) is 21.6. The predicted molar refractivity (Wildman–Crippen MR) is 130 cm³/mol. The molecular weight excluding hydrogens is 485 g/mol. The van der Waals surface area contributed by atoms with Gasteiger partial charge in [-0.3, -0.25) is 4.79 Å². The number of rotatable bonds is 9. The highest BCUT2D eigenvalue weighted by molar-refractivity contribution is 14.0. The zero-order valence-electron chi connectivity index (χ0n) is 19.3. The highest BCUT2D eigenvalue weighted by Crippen LogP contribution is 2.16. The van der Waals surface area contributed by atoms with Gasteiger partial charge in [-0.05, 0) is 40.5 Å². The average Bonchev–Trinajstić information content (AvgIpc) is 2.57. The number of alkyl carbamates (subject to hydrolysis) is 1. The van der Waals surface area contributed by atoms with E-state index < -0.39 is 17.2 Å². The van der Waals surface area contributed by atoms with Crippen molar-refractivity contribution >= 4 is 41.9 Å². The normalized spacial score (nSPS) is 11.8. The number of carbonyl (C=O) groups is 2. The molecule has 0 radical (unpaired) electrons. The molecule has 0 aromatic rings. The lowest BCUT2D eigenvalue weighted by atomic mass is 9.93. The monoisotopic (exact) mass is 525 g/mol. The number of ether oxygens (including phenoxy) is 1. The zero-order chi connectivity index (χ0) is 22.0. The second-order valence-corrected chi connectivity index (χ2v) is 8.23. The summed E-state index contributed by atoms with van der Waals surface area (Å²) >= 11 is 0. The number of halogens is 1. The summed E-state index contributed by atoms with van der Waals surface area (Å²) in [4.78, 5) is 30.0. The quantitative estimate of drug-likeness (QED) is 0.186. The van der Waals surface area contributed by atoms with Crippen molar-refractivity contribution in [2.45, 2.75) is 65.5 Å². The van der Waals surface area contributed by atoms with Gasteiger partial charge in [-0.2, -0.15) is 0 Å². The molecule has 0 aliphatic carbocycles. The number of nitrogens with one attached hydrogen (secondary N) is 3. The van der Waals surface area contributed by atoms with E-state index in [2.05, 4.69) is 27.5 Å². The molecule has 0 saturated carbocycles. The van der Waals surface area contributed by atoms with Crippen molar-refractivity contribution in [1.82, 2.24) is 20.9 Å². The van der Waals surface area contributed by atoms with Crippen LogP contribution in [0, 0.1) is 0 Å². The van der Waals surface area contributed by atoms with E-state index in [9.17, 15) is 9.59 Å². The molecule has 0 aliphatic heterocycles. The predicted octanol–water partition coefficient (Wildman–Crippen LogP) is 2.89. The van der Waals surface area contributed by atoms with Gasteiger partial charge in [-0.15, -0.1) is 24.0 Å². The second-order valence-electron chi connectivity index (χ2n) is 8.23. The first-order valence-electron chi connectivity index (χ1n) is 9.72. The van der Waals surface area contributed by atoms with Crippen LogP contribution in [0.4, 0.5) is 4.79 Å². The molecule has 9 heteroatoms. The summed E-state index contributed by atoms with van der Waals surface area (Å²) in [7, 11) is 3.38. The van der Waals surface area contributed by atoms with Crippen molar-refractivity contribution in [3.8, 4) is 0 Å². The molecule has 0 atom stereocenters. The molecule has 0 saturated heterocycles. The summed E-state index contributed by atoms with van der Waals surface area (Å²) in [6.45, 7) is 16.3. The number of hydrogen-bond donors (Lipinski definition) is 3. The third-order valence-corrected chi connectivity index (χ3v) is 4.14. The summed E-state index contributed by atoms with van der Waals surface area (Å²) in [5.74, 6) is 0.399. The molecule has 29 heavy (non-hydrogen) atoms. The van der Waals surface area contributed by atoms with Gasteiger partial charge < -0.3 is 25.6 Å². The first-order valence-corrected chi connectivity index (χ1v) is 9.72.